The van der Waals surface area contributed by atoms with Gasteiger partial charge in [0.2, 0.25) is 5.91 Å². The Balaban J connectivity index is 2.02. The maximum atomic E-state index is 12.3. The number of rotatable bonds is 4. The lowest BCUT2D eigenvalue weighted by molar-refractivity contribution is -0.150. The van der Waals surface area contributed by atoms with Crippen LogP contribution < -0.4 is 0 Å². The second-order valence-corrected chi connectivity index (χ2v) is 4.76. The maximum absolute atomic E-state index is 12.3. The van der Waals surface area contributed by atoms with E-state index in [1.165, 1.54) is 4.90 Å². The number of carbonyl (C=O) groups is 2. The molecule has 0 radical (unpaired) electrons. The molecule has 1 unspecified atom stereocenters. The van der Waals surface area contributed by atoms with E-state index in [4.69, 9.17) is 14.6 Å². The molecular weight excluding hydrogens is 238 g/mol. The van der Waals surface area contributed by atoms with Crippen LogP contribution in [0.3, 0.4) is 0 Å². The summed E-state index contributed by atoms with van der Waals surface area (Å²) in [4.78, 5) is 24.7. The van der Waals surface area contributed by atoms with Crippen molar-refractivity contribution in [3.8, 4) is 0 Å². The van der Waals surface area contributed by atoms with E-state index in [0.29, 0.717) is 45.7 Å². The largest absolute Gasteiger partial charge is 0.480 e. The number of nitrogens with zero attached hydrogens (tertiary/aromatic N) is 1. The normalized spacial score (nSPS) is 25.0. The van der Waals surface area contributed by atoms with Crippen LogP contribution in [0.4, 0.5) is 0 Å². The Morgan fingerprint density at radius 2 is 1.78 bits per heavy atom. The minimum atomic E-state index is -0.964. The molecule has 0 aliphatic carbocycles. The number of carbonyl (C=O) groups excluding carboxylic acids is 1. The Kier molecular flexibility index (Phi) is 4.54. The lowest BCUT2D eigenvalue weighted by Crippen LogP contribution is -2.48. The summed E-state index contributed by atoms with van der Waals surface area (Å²) in [6, 6.07) is -0.0112. The first-order valence-electron chi connectivity index (χ1n) is 6.36. The van der Waals surface area contributed by atoms with Crippen molar-refractivity contribution in [3.63, 3.8) is 0 Å². The van der Waals surface area contributed by atoms with Gasteiger partial charge in [0.25, 0.3) is 0 Å². The third-order valence-electron chi connectivity index (χ3n) is 3.50. The molecule has 0 aromatic carbocycles. The Morgan fingerprint density at radius 3 is 2.33 bits per heavy atom. The number of hydrogen-bond donors (Lipinski definition) is 1. The van der Waals surface area contributed by atoms with E-state index in [1.807, 2.05) is 0 Å². The summed E-state index contributed by atoms with van der Waals surface area (Å²) in [5.41, 5.74) is 0. The molecule has 2 aliphatic rings. The van der Waals surface area contributed by atoms with Crippen LogP contribution in [0.2, 0.25) is 0 Å². The van der Waals surface area contributed by atoms with Gasteiger partial charge in [0.15, 0.2) is 0 Å². The predicted molar refractivity (Wildman–Crippen MR) is 62.1 cm³/mol. The zero-order chi connectivity index (χ0) is 13.0. The van der Waals surface area contributed by atoms with Crippen molar-refractivity contribution in [2.75, 3.05) is 33.0 Å². The fourth-order valence-corrected chi connectivity index (χ4v) is 2.49. The molecule has 18 heavy (non-hydrogen) atoms. The molecule has 2 saturated heterocycles. The van der Waals surface area contributed by atoms with Gasteiger partial charge in [0, 0.05) is 25.9 Å². The average Bonchev–Trinajstić information content (AvgIpc) is 2.90. The van der Waals surface area contributed by atoms with E-state index in [9.17, 15) is 9.59 Å². The predicted octanol–water partition coefficient (Wildman–Crippen LogP) is 0.115. The van der Waals surface area contributed by atoms with Crippen molar-refractivity contribution >= 4 is 11.9 Å². The first kappa shape index (κ1) is 13.3. The first-order chi connectivity index (χ1) is 8.68. The Labute approximate surface area is 106 Å². The molecule has 0 aromatic heterocycles. The minimum absolute atomic E-state index is 0.0112. The zero-order valence-electron chi connectivity index (χ0n) is 10.3. The first-order valence-corrected chi connectivity index (χ1v) is 6.36. The van der Waals surface area contributed by atoms with Crippen LogP contribution in [0.5, 0.6) is 0 Å². The third-order valence-corrected chi connectivity index (χ3v) is 3.50. The summed E-state index contributed by atoms with van der Waals surface area (Å²) < 4.78 is 10.5. The summed E-state index contributed by atoms with van der Waals surface area (Å²) in [6.07, 6.45) is 2.12. The fraction of sp³-hybridized carbons (Fsp3) is 0.833. The zero-order valence-corrected chi connectivity index (χ0v) is 10.3. The molecule has 6 nitrogen and oxygen atoms in total. The number of carboxylic acids is 1. The number of amides is 1. The van der Waals surface area contributed by atoms with Gasteiger partial charge in [-0.1, -0.05) is 0 Å². The number of aliphatic carboxylic acids is 1. The van der Waals surface area contributed by atoms with E-state index in [0.717, 1.165) is 0 Å². The van der Waals surface area contributed by atoms with E-state index >= 15 is 0 Å². The summed E-state index contributed by atoms with van der Waals surface area (Å²) in [5.74, 6) is -1.22. The summed E-state index contributed by atoms with van der Waals surface area (Å²) >= 11 is 0. The summed E-state index contributed by atoms with van der Waals surface area (Å²) in [5, 5.41) is 8.95. The van der Waals surface area contributed by atoms with Crippen LogP contribution in [0.15, 0.2) is 0 Å². The second-order valence-electron chi connectivity index (χ2n) is 4.76. The summed E-state index contributed by atoms with van der Waals surface area (Å²) in [6.45, 7) is 1.97. The molecular formula is C12H19NO5. The highest BCUT2D eigenvalue weighted by molar-refractivity contribution is 5.83. The highest BCUT2D eigenvalue weighted by atomic mass is 16.5. The van der Waals surface area contributed by atoms with Crippen molar-refractivity contribution in [1.82, 2.24) is 4.90 Å². The third kappa shape index (κ3) is 3.20. The van der Waals surface area contributed by atoms with Crippen LogP contribution in [0, 0.1) is 5.92 Å². The number of hydrogen-bond acceptors (Lipinski definition) is 4. The molecule has 1 atom stereocenters. The van der Waals surface area contributed by atoms with Crippen molar-refractivity contribution in [1.29, 1.82) is 0 Å². The molecule has 2 rings (SSSR count). The van der Waals surface area contributed by atoms with Gasteiger partial charge in [-0.15, -0.1) is 0 Å². The van der Waals surface area contributed by atoms with Gasteiger partial charge in [-0.05, 0) is 19.3 Å². The van der Waals surface area contributed by atoms with Crippen LogP contribution >= 0.6 is 0 Å². The van der Waals surface area contributed by atoms with Gasteiger partial charge < -0.3 is 19.5 Å². The standard InChI is InChI=1S/C12H19NO5/c14-11(15)7-13(10-2-5-17-6-3-10)12(16)9-1-4-18-8-9/h9-10H,1-8H2,(H,14,15). The second kappa shape index (κ2) is 6.15. The Hall–Kier alpha value is -1.14. The highest BCUT2D eigenvalue weighted by Crippen LogP contribution is 2.21. The van der Waals surface area contributed by atoms with Crippen LogP contribution in [0.25, 0.3) is 0 Å². The van der Waals surface area contributed by atoms with Crippen LogP contribution in [-0.4, -0.2) is 60.9 Å². The molecule has 0 aromatic rings. The fourth-order valence-electron chi connectivity index (χ4n) is 2.49. The Morgan fingerprint density at radius 1 is 1.11 bits per heavy atom. The van der Waals surface area contributed by atoms with E-state index in [1.54, 1.807) is 0 Å². The molecule has 0 saturated carbocycles. The molecule has 2 aliphatic heterocycles. The van der Waals surface area contributed by atoms with Crippen LogP contribution in [-0.2, 0) is 19.1 Å². The number of ether oxygens (including phenoxy) is 2. The van der Waals surface area contributed by atoms with Gasteiger partial charge in [-0.25, -0.2) is 0 Å². The topological polar surface area (TPSA) is 76.1 Å². The van der Waals surface area contributed by atoms with E-state index < -0.39 is 5.97 Å². The molecule has 2 heterocycles. The van der Waals surface area contributed by atoms with Crippen molar-refractivity contribution in [3.05, 3.63) is 0 Å². The Bertz CT molecular complexity index is 308. The number of carboxylic acid groups (broad SMARTS) is 1. The van der Waals surface area contributed by atoms with Crippen molar-refractivity contribution in [2.45, 2.75) is 25.3 Å². The van der Waals surface area contributed by atoms with Gasteiger partial charge >= 0.3 is 5.97 Å². The minimum Gasteiger partial charge on any atom is -0.480 e. The molecule has 0 spiro atoms. The van der Waals surface area contributed by atoms with Crippen LogP contribution in [0.1, 0.15) is 19.3 Å². The van der Waals surface area contributed by atoms with Gasteiger partial charge in [-0.2, -0.15) is 0 Å². The summed E-state index contributed by atoms with van der Waals surface area (Å²) in [7, 11) is 0. The molecule has 0 bridgehead atoms. The van der Waals surface area contributed by atoms with Gasteiger partial charge in [0.05, 0.1) is 12.5 Å². The SMILES string of the molecule is O=C(O)CN(C(=O)C1CCOC1)C1CCOCC1. The highest BCUT2D eigenvalue weighted by Gasteiger charge is 2.33. The van der Waals surface area contributed by atoms with Gasteiger partial charge in [0.1, 0.15) is 6.54 Å². The van der Waals surface area contributed by atoms with Crippen molar-refractivity contribution in [2.24, 2.45) is 5.92 Å². The lowest BCUT2D eigenvalue weighted by Gasteiger charge is -2.34. The quantitative estimate of drug-likeness (QED) is 0.774. The molecule has 2 fully saturated rings. The van der Waals surface area contributed by atoms with Crippen molar-refractivity contribution < 1.29 is 24.2 Å². The molecule has 1 N–H and O–H groups in total. The maximum Gasteiger partial charge on any atom is 0.323 e. The smallest absolute Gasteiger partial charge is 0.323 e. The van der Waals surface area contributed by atoms with E-state index in [-0.39, 0.29) is 24.4 Å². The molecule has 6 heteroatoms. The molecule has 102 valence electrons. The van der Waals surface area contributed by atoms with E-state index in [2.05, 4.69) is 0 Å². The van der Waals surface area contributed by atoms with Gasteiger partial charge in [-0.3, -0.25) is 9.59 Å². The average molecular weight is 257 g/mol. The lowest BCUT2D eigenvalue weighted by atomic mass is 10.0. The monoisotopic (exact) mass is 257 g/mol. The molecule has 1 amide bonds.